The molecule has 38 heavy (non-hydrogen) atoms. The number of nitrogens with zero attached hydrogens (tertiary/aromatic N) is 4. The monoisotopic (exact) mass is 514 g/mol. The molecule has 2 aromatic heterocycles. The number of hydrogen-bond donors (Lipinski definition) is 0. The second kappa shape index (κ2) is 11.1. The summed E-state index contributed by atoms with van der Waals surface area (Å²) in [4.78, 5) is 56.6. The van der Waals surface area contributed by atoms with Crippen LogP contribution in [0.1, 0.15) is 52.4 Å². The highest BCUT2D eigenvalue weighted by Gasteiger charge is 2.20. The third-order valence-corrected chi connectivity index (χ3v) is 8.23. The van der Waals surface area contributed by atoms with Gasteiger partial charge in [-0.3, -0.25) is 38.1 Å². The third-order valence-electron chi connectivity index (χ3n) is 8.23. The van der Waals surface area contributed by atoms with Crippen molar-refractivity contribution in [1.29, 1.82) is 0 Å². The van der Waals surface area contributed by atoms with Crippen molar-refractivity contribution in [3.8, 4) is 23.7 Å². The Labute approximate surface area is 221 Å². The van der Waals surface area contributed by atoms with Crippen LogP contribution in [-0.4, -0.2) is 57.2 Å². The molecule has 0 radical (unpaired) electrons. The summed E-state index contributed by atoms with van der Waals surface area (Å²) in [6, 6.07) is 3.74. The van der Waals surface area contributed by atoms with Crippen molar-refractivity contribution in [3.05, 3.63) is 53.5 Å². The lowest BCUT2D eigenvalue weighted by Gasteiger charge is -2.31. The quantitative estimate of drug-likeness (QED) is 0.493. The SMILES string of the molecule is CC1CCCCN1CC#CCn1c(=O)c2cc3c(=O)n(CC#CCN4CCCCC4C)c(=O)c3cc2c1=O. The number of likely N-dealkylation sites (tertiary alicyclic amines) is 2. The first-order chi connectivity index (χ1) is 18.4. The van der Waals surface area contributed by atoms with Gasteiger partial charge in [0.25, 0.3) is 22.2 Å². The smallest absolute Gasteiger partial charge is 0.262 e. The highest BCUT2D eigenvalue weighted by atomic mass is 16.2. The lowest BCUT2D eigenvalue weighted by atomic mass is 10.0. The van der Waals surface area contributed by atoms with Crippen LogP contribution in [0.15, 0.2) is 31.3 Å². The topological polar surface area (TPSA) is 84.6 Å². The van der Waals surface area contributed by atoms with E-state index in [1.807, 2.05) is 0 Å². The first-order valence-electron chi connectivity index (χ1n) is 13.7. The average molecular weight is 515 g/mol. The van der Waals surface area contributed by atoms with Gasteiger partial charge in [0.1, 0.15) is 0 Å². The minimum Gasteiger partial charge on any atom is -0.290 e. The Kier molecular flexibility index (Phi) is 7.65. The Hall–Kier alpha value is -3.46. The summed E-state index contributed by atoms with van der Waals surface area (Å²) in [7, 11) is 0. The summed E-state index contributed by atoms with van der Waals surface area (Å²) in [5.74, 6) is 12.1. The molecule has 0 spiro atoms. The predicted octanol–water partition coefficient (Wildman–Crippen LogP) is 1.67. The van der Waals surface area contributed by atoms with Crippen molar-refractivity contribution in [2.75, 3.05) is 26.2 Å². The van der Waals surface area contributed by atoms with Crippen LogP contribution in [0.25, 0.3) is 21.5 Å². The fourth-order valence-electron chi connectivity index (χ4n) is 5.73. The maximum atomic E-state index is 13.0. The summed E-state index contributed by atoms with van der Waals surface area (Å²) in [5, 5.41) is 0.587. The van der Waals surface area contributed by atoms with E-state index in [0.717, 1.165) is 47.9 Å². The van der Waals surface area contributed by atoms with E-state index in [1.165, 1.54) is 25.0 Å². The van der Waals surface area contributed by atoms with Gasteiger partial charge in [0.15, 0.2) is 0 Å². The van der Waals surface area contributed by atoms with Crippen molar-refractivity contribution in [2.45, 2.75) is 77.5 Å². The average Bonchev–Trinajstić information content (AvgIpc) is 3.29. The van der Waals surface area contributed by atoms with Crippen molar-refractivity contribution in [2.24, 2.45) is 0 Å². The Bertz CT molecular complexity index is 1480. The molecule has 1 aromatic carbocycles. The fraction of sp³-hybridized carbons (Fsp3) is 0.533. The molecule has 8 nitrogen and oxygen atoms in total. The molecule has 2 unspecified atom stereocenters. The molecule has 0 amide bonds. The van der Waals surface area contributed by atoms with Crippen LogP contribution >= 0.6 is 0 Å². The van der Waals surface area contributed by atoms with Gasteiger partial charge in [-0.25, -0.2) is 0 Å². The molecule has 2 saturated heterocycles. The van der Waals surface area contributed by atoms with Crippen molar-refractivity contribution in [3.63, 3.8) is 0 Å². The van der Waals surface area contributed by atoms with E-state index in [1.54, 1.807) is 0 Å². The van der Waals surface area contributed by atoms with Gasteiger partial charge in [0, 0.05) is 12.1 Å². The third kappa shape index (κ3) is 4.99. The number of fused-ring (bicyclic) bond motifs is 2. The number of hydrogen-bond acceptors (Lipinski definition) is 6. The van der Waals surface area contributed by atoms with E-state index in [2.05, 4.69) is 47.3 Å². The maximum absolute atomic E-state index is 13.0. The zero-order valence-corrected chi connectivity index (χ0v) is 22.2. The molecule has 0 bridgehead atoms. The summed E-state index contributed by atoms with van der Waals surface area (Å²) < 4.78 is 2.18. The van der Waals surface area contributed by atoms with Gasteiger partial charge in [-0.2, -0.15) is 0 Å². The minimum atomic E-state index is -0.484. The lowest BCUT2D eigenvalue weighted by molar-refractivity contribution is 0.182. The number of aromatic nitrogens is 2. The first kappa shape index (κ1) is 26.2. The second-order valence-corrected chi connectivity index (χ2v) is 10.7. The molecule has 4 heterocycles. The van der Waals surface area contributed by atoms with Crippen LogP contribution in [0.2, 0.25) is 0 Å². The Morgan fingerprint density at radius 1 is 0.579 bits per heavy atom. The van der Waals surface area contributed by atoms with Crippen LogP contribution in [-0.2, 0) is 13.1 Å². The molecule has 5 rings (SSSR count). The van der Waals surface area contributed by atoms with Gasteiger partial charge in [0.2, 0.25) is 0 Å². The van der Waals surface area contributed by atoms with Crippen molar-refractivity contribution in [1.82, 2.24) is 18.9 Å². The summed E-state index contributed by atoms with van der Waals surface area (Å²) >= 11 is 0. The molecule has 0 N–H and O–H groups in total. The van der Waals surface area contributed by atoms with Crippen LogP contribution in [0.4, 0.5) is 0 Å². The van der Waals surface area contributed by atoms with Gasteiger partial charge in [-0.05, 0) is 64.8 Å². The normalized spacial score (nSPS) is 20.8. The molecule has 0 saturated carbocycles. The second-order valence-electron chi connectivity index (χ2n) is 10.7. The molecule has 8 heteroatoms. The Morgan fingerprint density at radius 3 is 1.26 bits per heavy atom. The number of rotatable bonds is 4. The van der Waals surface area contributed by atoms with E-state index in [0.29, 0.717) is 25.2 Å². The molecule has 0 aliphatic carbocycles. The molecule has 2 fully saturated rings. The van der Waals surface area contributed by atoms with Crippen molar-refractivity contribution >= 4 is 21.5 Å². The summed E-state index contributed by atoms with van der Waals surface area (Å²) in [5.41, 5.74) is -1.93. The van der Waals surface area contributed by atoms with Crippen LogP contribution in [0.3, 0.4) is 0 Å². The molecular weight excluding hydrogens is 480 g/mol. The maximum Gasteiger partial charge on any atom is 0.262 e. The van der Waals surface area contributed by atoms with Gasteiger partial charge in [0.05, 0.1) is 47.7 Å². The highest BCUT2D eigenvalue weighted by Crippen LogP contribution is 2.17. The molecule has 198 valence electrons. The molecule has 2 aliphatic rings. The summed E-state index contributed by atoms with van der Waals surface area (Å²) in [6.07, 6.45) is 7.10. The van der Waals surface area contributed by atoms with E-state index < -0.39 is 22.2 Å². The van der Waals surface area contributed by atoms with Gasteiger partial charge >= 0.3 is 0 Å². The highest BCUT2D eigenvalue weighted by molar-refractivity contribution is 5.97. The largest absolute Gasteiger partial charge is 0.290 e. The minimum absolute atomic E-state index is 0.0154. The van der Waals surface area contributed by atoms with E-state index in [4.69, 9.17) is 0 Å². The molecule has 3 aromatic rings. The fourth-order valence-corrected chi connectivity index (χ4v) is 5.73. The van der Waals surface area contributed by atoms with Crippen LogP contribution in [0, 0.1) is 23.7 Å². The summed E-state index contributed by atoms with van der Waals surface area (Å²) in [6.45, 7) is 7.59. The van der Waals surface area contributed by atoms with Gasteiger partial charge < -0.3 is 0 Å². The van der Waals surface area contributed by atoms with Gasteiger partial charge in [-0.1, -0.05) is 36.5 Å². The van der Waals surface area contributed by atoms with Crippen molar-refractivity contribution < 1.29 is 0 Å². The zero-order chi connectivity index (χ0) is 26.8. The Morgan fingerprint density at radius 2 is 0.921 bits per heavy atom. The predicted molar refractivity (Wildman–Crippen MR) is 150 cm³/mol. The molecular formula is C30H34N4O4. The van der Waals surface area contributed by atoms with Crippen LogP contribution in [0.5, 0.6) is 0 Å². The number of piperidine rings is 2. The molecule has 2 atom stereocenters. The number of benzene rings is 1. The van der Waals surface area contributed by atoms with Crippen LogP contribution < -0.4 is 22.2 Å². The first-order valence-corrected chi connectivity index (χ1v) is 13.7. The van der Waals surface area contributed by atoms with E-state index in [9.17, 15) is 19.2 Å². The molecule has 2 aliphatic heterocycles. The standard InChI is InChI=1S/C30H34N4O4/c1-21-11-3-5-13-31(21)15-7-9-17-33-27(35)23-19-25-26(20-24(23)28(33)36)30(38)34(29(25)37)18-10-8-16-32-14-6-4-12-22(32)2/h19-22H,3-6,11-18H2,1-2H3. The Balaban J connectivity index is 1.36. The van der Waals surface area contributed by atoms with E-state index in [-0.39, 0.29) is 34.6 Å². The lowest BCUT2D eigenvalue weighted by Crippen LogP contribution is -2.37. The van der Waals surface area contributed by atoms with E-state index >= 15 is 0 Å². The van der Waals surface area contributed by atoms with Gasteiger partial charge in [-0.15, -0.1) is 0 Å². The zero-order valence-electron chi connectivity index (χ0n) is 22.2.